The first-order valence-corrected chi connectivity index (χ1v) is 11.4. The van der Waals surface area contributed by atoms with E-state index in [-0.39, 0.29) is 18.9 Å². The lowest BCUT2D eigenvalue weighted by Gasteiger charge is -2.14. The summed E-state index contributed by atoms with van der Waals surface area (Å²) in [4.78, 5) is 40.2. The van der Waals surface area contributed by atoms with E-state index in [9.17, 15) is 14.4 Å². The molecule has 2 aromatic heterocycles. The van der Waals surface area contributed by atoms with Crippen molar-refractivity contribution in [3.05, 3.63) is 95.2 Å². The van der Waals surface area contributed by atoms with Gasteiger partial charge in [0.2, 0.25) is 0 Å². The summed E-state index contributed by atoms with van der Waals surface area (Å²) < 4.78 is 7.83. The van der Waals surface area contributed by atoms with Crippen LogP contribution in [0.15, 0.2) is 63.5 Å². The monoisotopic (exact) mass is 488 g/mol. The molecule has 0 radical (unpaired) electrons. The lowest BCUT2D eigenvalue weighted by atomic mass is 10.1. The Labute approximate surface area is 197 Å². The fraction of sp³-hybridized carbons (Fsp3) is 0.174. The molecule has 32 heavy (non-hydrogen) atoms. The number of carbonyl (C=O) groups is 1. The van der Waals surface area contributed by atoms with Crippen molar-refractivity contribution < 1.29 is 9.53 Å². The molecule has 4 aromatic rings. The van der Waals surface area contributed by atoms with Crippen molar-refractivity contribution in [2.75, 3.05) is 6.61 Å². The number of halogens is 2. The van der Waals surface area contributed by atoms with Gasteiger partial charge in [0.1, 0.15) is 5.75 Å². The largest absolute Gasteiger partial charge is 0.492 e. The van der Waals surface area contributed by atoms with Crippen LogP contribution in [0.5, 0.6) is 5.75 Å². The van der Waals surface area contributed by atoms with Crippen molar-refractivity contribution in [3.8, 4) is 5.75 Å². The second-order valence-corrected chi connectivity index (χ2v) is 8.88. The van der Waals surface area contributed by atoms with E-state index in [1.165, 1.54) is 28.0 Å². The van der Waals surface area contributed by atoms with E-state index in [1.807, 2.05) is 24.4 Å². The minimum Gasteiger partial charge on any atom is -0.492 e. The number of rotatable bonds is 7. The molecule has 0 unspecified atom stereocenters. The zero-order valence-corrected chi connectivity index (χ0v) is 19.3. The molecule has 6 nitrogen and oxygen atoms in total. The third-order valence-corrected chi connectivity index (χ3v) is 6.33. The fourth-order valence-corrected chi connectivity index (χ4v) is 4.52. The van der Waals surface area contributed by atoms with E-state index in [0.29, 0.717) is 38.9 Å². The number of benzene rings is 2. The summed E-state index contributed by atoms with van der Waals surface area (Å²) in [7, 11) is 0. The Kier molecular flexibility index (Phi) is 6.50. The highest BCUT2D eigenvalue weighted by Crippen LogP contribution is 2.26. The first-order chi connectivity index (χ1) is 15.4. The third-order valence-electron chi connectivity index (χ3n) is 4.94. The number of aromatic nitrogens is 2. The molecule has 0 aliphatic rings. The molecule has 0 spiro atoms. The maximum absolute atomic E-state index is 13.3. The highest BCUT2D eigenvalue weighted by Gasteiger charge is 2.18. The number of hydrogen-bond donors (Lipinski definition) is 0. The second-order valence-electron chi connectivity index (χ2n) is 7.00. The zero-order valence-electron chi connectivity index (χ0n) is 17.0. The van der Waals surface area contributed by atoms with Gasteiger partial charge < -0.3 is 4.74 Å². The number of hydrogen-bond acceptors (Lipinski definition) is 5. The van der Waals surface area contributed by atoms with Crippen LogP contribution in [0.2, 0.25) is 10.0 Å². The second kappa shape index (κ2) is 9.32. The number of thiophene rings is 1. The van der Waals surface area contributed by atoms with Crippen LogP contribution in [0.4, 0.5) is 0 Å². The zero-order chi connectivity index (χ0) is 22.8. The average molecular weight is 489 g/mol. The van der Waals surface area contributed by atoms with Gasteiger partial charge >= 0.3 is 5.69 Å². The Morgan fingerprint density at radius 1 is 1.06 bits per heavy atom. The van der Waals surface area contributed by atoms with Gasteiger partial charge in [-0.15, -0.1) is 11.3 Å². The number of Topliss-reactive ketones (excluding diaryl/α,β-unsaturated/α-hetero) is 1. The summed E-state index contributed by atoms with van der Waals surface area (Å²) in [6.07, 6.45) is 0. The Hall–Kier alpha value is -2.87. The van der Waals surface area contributed by atoms with Crippen LogP contribution in [-0.4, -0.2) is 21.5 Å². The summed E-state index contributed by atoms with van der Waals surface area (Å²) in [5, 5.41) is 2.85. The predicted octanol–water partition coefficient (Wildman–Crippen LogP) is 4.86. The van der Waals surface area contributed by atoms with Crippen molar-refractivity contribution in [1.82, 2.24) is 9.13 Å². The van der Waals surface area contributed by atoms with Crippen molar-refractivity contribution in [3.63, 3.8) is 0 Å². The number of carbonyl (C=O) groups excluding carboxylic acids is 1. The number of ketones is 1. The van der Waals surface area contributed by atoms with Gasteiger partial charge in [0.05, 0.1) is 35.6 Å². The van der Waals surface area contributed by atoms with Crippen molar-refractivity contribution >= 4 is 51.2 Å². The van der Waals surface area contributed by atoms with E-state index in [1.54, 1.807) is 24.3 Å². The fourth-order valence-electron chi connectivity index (χ4n) is 3.42. The lowest BCUT2D eigenvalue weighted by Crippen LogP contribution is -2.41. The molecule has 164 valence electrons. The van der Waals surface area contributed by atoms with Crippen LogP contribution in [0.25, 0.3) is 10.9 Å². The summed E-state index contributed by atoms with van der Waals surface area (Å²) in [5.41, 5.74) is -0.372. The summed E-state index contributed by atoms with van der Waals surface area (Å²) in [5.74, 6) is 0.143. The van der Waals surface area contributed by atoms with Crippen LogP contribution >= 0.6 is 34.5 Å². The molecule has 0 fully saturated rings. The van der Waals surface area contributed by atoms with Crippen LogP contribution < -0.4 is 16.0 Å². The molecular weight excluding hydrogens is 471 g/mol. The van der Waals surface area contributed by atoms with E-state index >= 15 is 0 Å². The molecule has 0 aliphatic carbocycles. The van der Waals surface area contributed by atoms with E-state index < -0.39 is 11.2 Å². The number of fused-ring (bicyclic) bond motifs is 1. The van der Waals surface area contributed by atoms with E-state index in [4.69, 9.17) is 27.9 Å². The normalized spacial score (nSPS) is 11.1. The number of ether oxygens (including phenoxy) is 1. The molecule has 0 bridgehead atoms. The maximum atomic E-state index is 13.3. The Balaban J connectivity index is 1.81. The molecule has 2 aromatic carbocycles. The maximum Gasteiger partial charge on any atom is 0.332 e. The van der Waals surface area contributed by atoms with Gasteiger partial charge in [-0.05, 0) is 54.8 Å². The molecular formula is C23H18Cl2N2O4S. The Morgan fingerprint density at radius 2 is 1.88 bits per heavy atom. The predicted molar refractivity (Wildman–Crippen MR) is 128 cm³/mol. The Morgan fingerprint density at radius 3 is 2.56 bits per heavy atom. The molecule has 0 saturated heterocycles. The van der Waals surface area contributed by atoms with Gasteiger partial charge in [0.15, 0.2) is 5.78 Å². The van der Waals surface area contributed by atoms with Gasteiger partial charge in [-0.3, -0.25) is 18.7 Å². The minimum absolute atomic E-state index is 0.122. The molecule has 9 heteroatoms. The highest BCUT2D eigenvalue weighted by molar-refractivity contribution is 7.09. The summed E-state index contributed by atoms with van der Waals surface area (Å²) in [6, 6.07) is 13.1. The van der Waals surface area contributed by atoms with Crippen LogP contribution in [0.3, 0.4) is 0 Å². The van der Waals surface area contributed by atoms with Gasteiger partial charge in [-0.2, -0.15) is 0 Å². The SMILES string of the molecule is CCOc1ccc(C(=O)Cn2c(=O)n(Cc3cccs3)c(=O)c3ccc(Cl)cc32)cc1Cl. The smallest absolute Gasteiger partial charge is 0.332 e. The Bertz CT molecular complexity index is 1420. The van der Waals surface area contributed by atoms with E-state index in [2.05, 4.69) is 0 Å². The van der Waals surface area contributed by atoms with Crippen molar-refractivity contribution in [2.24, 2.45) is 0 Å². The van der Waals surface area contributed by atoms with Gasteiger partial charge in [0.25, 0.3) is 5.56 Å². The molecule has 0 aliphatic heterocycles. The highest BCUT2D eigenvalue weighted by atomic mass is 35.5. The summed E-state index contributed by atoms with van der Waals surface area (Å²) >= 11 is 13.8. The van der Waals surface area contributed by atoms with E-state index in [0.717, 1.165) is 9.44 Å². The average Bonchev–Trinajstić information content (AvgIpc) is 3.29. The lowest BCUT2D eigenvalue weighted by molar-refractivity contribution is 0.0971. The first-order valence-electron chi connectivity index (χ1n) is 9.80. The van der Waals surface area contributed by atoms with Crippen LogP contribution in [-0.2, 0) is 13.1 Å². The molecule has 0 N–H and O–H groups in total. The topological polar surface area (TPSA) is 70.3 Å². The molecule has 0 atom stereocenters. The summed E-state index contributed by atoms with van der Waals surface area (Å²) in [6.45, 7) is 2.13. The first kappa shape index (κ1) is 22.3. The molecule has 0 saturated carbocycles. The van der Waals surface area contributed by atoms with Crippen molar-refractivity contribution in [1.29, 1.82) is 0 Å². The minimum atomic E-state index is -0.580. The quantitative estimate of drug-likeness (QED) is 0.348. The van der Waals surface area contributed by atoms with Gasteiger partial charge in [0, 0.05) is 15.5 Å². The van der Waals surface area contributed by atoms with Crippen LogP contribution in [0.1, 0.15) is 22.2 Å². The molecule has 0 amide bonds. The standard InChI is InChI=1S/C23H18Cl2N2O4S/c1-2-31-21-8-5-14(10-18(21)25)20(28)13-26-19-11-15(24)6-7-17(19)22(29)27(23(26)30)12-16-4-3-9-32-16/h3-11H,2,12-13H2,1H3. The van der Waals surface area contributed by atoms with Gasteiger partial charge in [-0.25, -0.2) is 4.79 Å². The van der Waals surface area contributed by atoms with Crippen LogP contribution in [0, 0.1) is 0 Å². The molecule has 4 rings (SSSR count). The molecule has 2 heterocycles. The number of nitrogens with zero attached hydrogens (tertiary/aromatic N) is 2. The third kappa shape index (κ3) is 4.37. The van der Waals surface area contributed by atoms with Crippen molar-refractivity contribution in [2.45, 2.75) is 20.0 Å². The van der Waals surface area contributed by atoms with Gasteiger partial charge in [-0.1, -0.05) is 29.3 Å².